The zero-order valence-corrected chi connectivity index (χ0v) is 26.0. The van der Waals surface area contributed by atoms with Gasteiger partial charge in [-0.1, -0.05) is 39.8 Å². The number of aliphatic hydroxyl groups excluding tert-OH is 1. The third kappa shape index (κ3) is 5.76. The molecule has 8 nitrogen and oxygen atoms in total. The van der Waals surface area contributed by atoms with E-state index in [4.69, 9.17) is 4.74 Å². The minimum atomic E-state index is -1.06. The van der Waals surface area contributed by atoms with Gasteiger partial charge in [0.2, 0.25) is 17.7 Å². The van der Waals surface area contributed by atoms with Gasteiger partial charge in [0.25, 0.3) is 0 Å². The molecule has 40 heavy (non-hydrogen) atoms. The molecule has 226 valence electrons. The highest BCUT2D eigenvalue weighted by atomic mass is 16.5. The molecule has 0 radical (unpaired) electrons. The van der Waals surface area contributed by atoms with Gasteiger partial charge < -0.3 is 24.5 Å². The lowest BCUT2D eigenvalue weighted by Crippen LogP contribution is -2.61. The summed E-state index contributed by atoms with van der Waals surface area (Å²) in [5.74, 6) is -1.80. The first-order chi connectivity index (χ1) is 18.6. The van der Waals surface area contributed by atoms with Crippen LogP contribution >= 0.6 is 0 Å². The third-order valence-corrected chi connectivity index (χ3v) is 9.01. The van der Waals surface area contributed by atoms with E-state index >= 15 is 0 Å². The maximum Gasteiger partial charge on any atom is 0.249 e. The van der Waals surface area contributed by atoms with Gasteiger partial charge in [-0.2, -0.15) is 0 Å². The molecule has 5 atom stereocenters. The van der Waals surface area contributed by atoms with Gasteiger partial charge in [0.1, 0.15) is 11.6 Å². The van der Waals surface area contributed by atoms with Crippen LogP contribution in [0.3, 0.4) is 0 Å². The zero-order valence-electron chi connectivity index (χ0n) is 26.0. The van der Waals surface area contributed by atoms with Crippen LogP contribution < -0.4 is 0 Å². The van der Waals surface area contributed by atoms with E-state index in [9.17, 15) is 19.5 Å². The zero-order chi connectivity index (χ0) is 30.1. The monoisotopic (exact) mass is 559 g/mol. The molecule has 3 rings (SSSR count). The van der Waals surface area contributed by atoms with E-state index in [1.54, 1.807) is 22.0 Å². The number of likely N-dealkylation sites (tertiary alicyclic amines) is 1. The molecule has 3 aliphatic heterocycles. The number of ether oxygens (including phenoxy) is 1. The number of hydrogen-bond acceptors (Lipinski definition) is 5. The predicted octanol–water partition coefficient (Wildman–Crippen LogP) is 4.18. The fraction of sp³-hybridized carbons (Fsp3) is 0.781. The summed E-state index contributed by atoms with van der Waals surface area (Å²) in [6.07, 6.45) is 7.26. The van der Waals surface area contributed by atoms with E-state index in [0.29, 0.717) is 51.9 Å². The van der Waals surface area contributed by atoms with Crippen LogP contribution in [0.2, 0.25) is 0 Å². The number of amides is 3. The standard InChI is InChI=1S/C32H53N3O5/c1-10-17-33(18-11-2)26(37)23-24-27(38)34(20-13-14-21-36)25(32(24)16-15-31(23,9)40-32)28(39)35(19-12-3)30(7,8)22-29(4,5)6/h10,12,23-25,36H,1,3,11,13-22H2,2,4-9H3/t23-,24+,25?,31+,32?/m1/s1. The van der Waals surface area contributed by atoms with Gasteiger partial charge in [-0.05, 0) is 64.7 Å². The molecule has 2 unspecified atom stereocenters. The van der Waals surface area contributed by atoms with E-state index < -0.39 is 34.6 Å². The van der Waals surface area contributed by atoms with Crippen molar-refractivity contribution in [3.8, 4) is 0 Å². The topological polar surface area (TPSA) is 90.4 Å². The van der Waals surface area contributed by atoms with Crippen LogP contribution in [-0.4, -0.2) is 93.1 Å². The molecule has 0 aromatic heterocycles. The van der Waals surface area contributed by atoms with Gasteiger partial charge in [0.05, 0.1) is 17.4 Å². The van der Waals surface area contributed by atoms with Crippen LogP contribution in [-0.2, 0) is 19.1 Å². The number of carbonyl (C=O) groups is 3. The molecule has 1 spiro atoms. The second-order valence-electron chi connectivity index (χ2n) is 14.1. The summed E-state index contributed by atoms with van der Waals surface area (Å²) in [6.45, 7) is 24.0. The van der Waals surface area contributed by atoms with E-state index in [1.165, 1.54) is 0 Å². The summed E-state index contributed by atoms with van der Waals surface area (Å²) >= 11 is 0. The van der Waals surface area contributed by atoms with Crippen LogP contribution in [0.15, 0.2) is 25.3 Å². The molecule has 0 aromatic carbocycles. The molecule has 3 aliphatic rings. The summed E-state index contributed by atoms with van der Waals surface area (Å²) in [5, 5.41) is 9.46. The van der Waals surface area contributed by atoms with Gasteiger partial charge in [0.15, 0.2) is 0 Å². The van der Waals surface area contributed by atoms with Crippen molar-refractivity contribution in [1.29, 1.82) is 0 Å². The molecular weight excluding hydrogens is 506 g/mol. The summed E-state index contributed by atoms with van der Waals surface area (Å²) < 4.78 is 6.84. The second kappa shape index (κ2) is 12.0. The van der Waals surface area contributed by atoms with Gasteiger partial charge in [-0.3, -0.25) is 14.4 Å². The third-order valence-electron chi connectivity index (χ3n) is 9.01. The Morgan fingerprint density at radius 2 is 1.75 bits per heavy atom. The van der Waals surface area contributed by atoms with Crippen LogP contribution in [0.25, 0.3) is 0 Å². The fourth-order valence-corrected chi connectivity index (χ4v) is 7.93. The Morgan fingerprint density at radius 1 is 1.10 bits per heavy atom. The molecule has 0 aliphatic carbocycles. The normalized spacial score (nSPS) is 29.4. The minimum absolute atomic E-state index is 0.0135. The Labute approximate surface area is 241 Å². The van der Waals surface area contributed by atoms with Crippen molar-refractivity contribution in [2.75, 3.05) is 32.8 Å². The molecular formula is C32H53N3O5. The SMILES string of the molecule is C=CCN(CCC)C(=O)[C@H]1[C@H]2C(=O)N(CCCCO)C(C(=O)N(CC=C)C(C)(C)CC(C)(C)C)C23CC[C@]1(C)O3. The van der Waals surface area contributed by atoms with Crippen LogP contribution in [0, 0.1) is 17.3 Å². The number of carbonyl (C=O) groups excluding carboxylic acids is 3. The number of nitrogens with zero attached hydrogens (tertiary/aromatic N) is 3. The molecule has 0 aromatic rings. The van der Waals surface area contributed by atoms with Crippen LogP contribution in [0.1, 0.15) is 87.0 Å². The number of rotatable bonds is 14. The highest BCUT2D eigenvalue weighted by Gasteiger charge is 2.78. The number of unbranched alkanes of at least 4 members (excludes halogenated alkanes) is 1. The predicted molar refractivity (Wildman–Crippen MR) is 157 cm³/mol. The van der Waals surface area contributed by atoms with E-state index in [0.717, 1.165) is 12.8 Å². The van der Waals surface area contributed by atoms with Gasteiger partial charge >= 0.3 is 0 Å². The summed E-state index contributed by atoms with van der Waals surface area (Å²) in [4.78, 5) is 48.5. The maximum atomic E-state index is 14.7. The number of fused-ring (bicyclic) bond motifs is 1. The van der Waals surface area contributed by atoms with Crippen molar-refractivity contribution in [2.45, 2.75) is 110 Å². The van der Waals surface area contributed by atoms with E-state index in [1.807, 2.05) is 18.7 Å². The molecule has 3 saturated heterocycles. The van der Waals surface area contributed by atoms with E-state index in [2.05, 4.69) is 47.8 Å². The van der Waals surface area contributed by atoms with Gasteiger partial charge in [-0.15, -0.1) is 13.2 Å². The van der Waals surface area contributed by atoms with Crippen molar-refractivity contribution in [2.24, 2.45) is 17.3 Å². The molecule has 3 fully saturated rings. The summed E-state index contributed by atoms with van der Waals surface area (Å²) in [7, 11) is 0. The average Bonchev–Trinajstić information content (AvgIpc) is 3.41. The lowest BCUT2D eigenvalue weighted by molar-refractivity contribution is -0.157. The molecule has 1 N–H and O–H groups in total. The first-order valence-corrected chi connectivity index (χ1v) is 15.1. The highest BCUT2D eigenvalue weighted by molar-refractivity contribution is 5.99. The molecule has 2 bridgehead atoms. The average molecular weight is 560 g/mol. The second-order valence-corrected chi connectivity index (χ2v) is 14.1. The highest BCUT2D eigenvalue weighted by Crippen LogP contribution is 2.63. The Kier molecular flexibility index (Phi) is 9.67. The van der Waals surface area contributed by atoms with E-state index in [-0.39, 0.29) is 29.7 Å². The number of hydrogen-bond donors (Lipinski definition) is 1. The van der Waals surface area contributed by atoms with Gasteiger partial charge in [-0.25, -0.2) is 0 Å². The lowest BCUT2D eigenvalue weighted by atomic mass is 9.66. The Balaban J connectivity index is 2.11. The number of aliphatic hydroxyl groups is 1. The lowest BCUT2D eigenvalue weighted by Gasteiger charge is -2.45. The Hall–Kier alpha value is -2.19. The maximum absolute atomic E-state index is 14.7. The Bertz CT molecular complexity index is 988. The van der Waals surface area contributed by atoms with Crippen molar-refractivity contribution in [3.63, 3.8) is 0 Å². The molecule has 8 heteroatoms. The van der Waals surface area contributed by atoms with Crippen LogP contribution in [0.4, 0.5) is 0 Å². The van der Waals surface area contributed by atoms with Crippen molar-refractivity contribution >= 4 is 17.7 Å². The fourth-order valence-electron chi connectivity index (χ4n) is 7.93. The smallest absolute Gasteiger partial charge is 0.249 e. The quantitative estimate of drug-likeness (QED) is 0.255. The van der Waals surface area contributed by atoms with Crippen LogP contribution in [0.5, 0.6) is 0 Å². The van der Waals surface area contributed by atoms with Crippen molar-refractivity contribution < 1.29 is 24.2 Å². The molecule has 0 saturated carbocycles. The van der Waals surface area contributed by atoms with Gasteiger partial charge in [0, 0.05) is 38.3 Å². The first-order valence-electron chi connectivity index (χ1n) is 15.1. The minimum Gasteiger partial charge on any atom is -0.396 e. The first kappa shape index (κ1) is 32.3. The molecule has 3 amide bonds. The summed E-state index contributed by atoms with van der Waals surface area (Å²) in [6, 6.07) is -0.832. The van der Waals surface area contributed by atoms with Crippen molar-refractivity contribution in [1.82, 2.24) is 14.7 Å². The largest absolute Gasteiger partial charge is 0.396 e. The molecule has 3 heterocycles. The summed E-state index contributed by atoms with van der Waals surface area (Å²) in [5.41, 5.74) is -2.41. The van der Waals surface area contributed by atoms with Crippen molar-refractivity contribution in [3.05, 3.63) is 25.3 Å². The Morgan fingerprint density at radius 3 is 2.30 bits per heavy atom.